The molecule has 0 aromatic carbocycles. The molecule has 0 atom stereocenters. The molecule has 3 N–H and O–H groups in total. The number of rotatable bonds is 0. The zero-order chi connectivity index (χ0) is 4.50. The predicted octanol–water partition coefficient (Wildman–Crippen LogP) is -4.06. The van der Waals surface area contributed by atoms with Gasteiger partial charge in [0.05, 0.1) is 0 Å². The van der Waals surface area contributed by atoms with Crippen molar-refractivity contribution >= 4 is 149 Å². The molecular formula is CH10KNa3O3Si. The van der Waals surface area contributed by atoms with Crippen molar-refractivity contribution in [2.45, 2.75) is 6.55 Å². The summed E-state index contributed by atoms with van der Waals surface area (Å²) < 4.78 is 0. The Hall–Kier alpha value is 4.73. The third kappa shape index (κ3) is 65.5. The van der Waals surface area contributed by atoms with E-state index in [4.69, 9.17) is 14.4 Å². The molecule has 0 aromatic rings. The molecule has 40 valence electrons. The van der Waals surface area contributed by atoms with Crippen molar-refractivity contribution in [2.75, 3.05) is 0 Å². The standard InChI is InChI=1S/CH6O3Si.K.3Na.4H/c1-5(2,3)4;;;;;;;;/h2-4H,1H3;;;;;;;;. The van der Waals surface area contributed by atoms with E-state index < -0.39 is 8.80 Å². The Morgan fingerprint density at radius 3 is 0.889 bits per heavy atom. The molecule has 0 fully saturated rings. The fourth-order valence-electron chi connectivity index (χ4n) is 0. The van der Waals surface area contributed by atoms with Gasteiger partial charge in [0.1, 0.15) is 0 Å². The molecule has 8 heteroatoms. The first-order valence-corrected chi connectivity index (χ1v) is 3.51. The summed E-state index contributed by atoms with van der Waals surface area (Å²) in [6.45, 7) is 0.993. The van der Waals surface area contributed by atoms with Crippen LogP contribution in [0.2, 0.25) is 6.55 Å². The van der Waals surface area contributed by atoms with Crippen molar-refractivity contribution in [1.82, 2.24) is 0 Å². The summed E-state index contributed by atoms with van der Waals surface area (Å²) in [5, 5.41) is 0. The van der Waals surface area contributed by atoms with Crippen LogP contribution in [-0.2, 0) is 0 Å². The third-order valence-electron chi connectivity index (χ3n) is 0. The first kappa shape index (κ1) is 29.2. The van der Waals surface area contributed by atoms with Crippen molar-refractivity contribution in [3.63, 3.8) is 0 Å². The summed E-state index contributed by atoms with van der Waals surface area (Å²) >= 11 is 0. The monoisotopic (exact) mass is 206 g/mol. The molecule has 3 nitrogen and oxygen atoms in total. The van der Waals surface area contributed by atoms with Gasteiger partial charge in [-0.2, -0.15) is 0 Å². The SMILES string of the molecule is C[Si](O)(O)O.[KH].[NaH].[NaH].[NaH]. The molecule has 0 aromatic heterocycles. The van der Waals surface area contributed by atoms with Gasteiger partial charge in [-0.15, -0.1) is 0 Å². The molecule has 0 saturated carbocycles. The van der Waals surface area contributed by atoms with Gasteiger partial charge in [0.25, 0.3) is 0 Å². The molecule has 0 saturated heterocycles. The van der Waals surface area contributed by atoms with Crippen LogP contribution < -0.4 is 0 Å². The van der Waals surface area contributed by atoms with Crippen LogP contribution in [0.1, 0.15) is 0 Å². The van der Waals surface area contributed by atoms with Crippen LogP contribution in [0.3, 0.4) is 0 Å². The van der Waals surface area contributed by atoms with E-state index in [9.17, 15) is 0 Å². The maximum absolute atomic E-state index is 7.77. The molecule has 0 aliphatic rings. The van der Waals surface area contributed by atoms with Gasteiger partial charge in [-0.1, -0.05) is 0 Å². The van der Waals surface area contributed by atoms with E-state index in [2.05, 4.69) is 0 Å². The number of hydrogen-bond acceptors (Lipinski definition) is 3. The van der Waals surface area contributed by atoms with Crippen LogP contribution in [0.4, 0.5) is 0 Å². The third-order valence-corrected chi connectivity index (χ3v) is 0. The summed E-state index contributed by atoms with van der Waals surface area (Å²) in [5.74, 6) is 0. The van der Waals surface area contributed by atoms with Gasteiger partial charge in [-0.25, -0.2) is 0 Å². The first-order valence-electron chi connectivity index (χ1n) is 1.17. The molecule has 0 aliphatic carbocycles. The second kappa shape index (κ2) is 15.2. The van der Waals surface area contributed by atoms with E-state index in [-0.39, 0.29) is 140 Å². The molecule has 0 aliphatic heterocycles. The van der Waals surface area contributed by atoms with Crippen molar-refractivity contribution < 1.29 is 14.4 Å². The van der Waals surface area contributed by atoms with E-state index in [1.165, 1.54) is 0 Å². The summed E-state index contributed by atoms with van der Waals surface area (Å²) in [6.07, 6.45) is 0. The summed E-state index contributed by atoms with van der Waals surface area (Å²) in [4.78, 5) is 23.3. The Kier molecular flexibility index (Phi) is 49.4. The predicted molar refractivity (Wildman–Crippen MR) is 46.9 cm³/mol. The molecule has 9 heavy (non-hydrogen) atoms. The van der Waals surface area contributed by atoms with E-state index in [1.54, 1.807) is 0 Å². The van der Waals surface area contributed by atoms with Gasteiger partial charge in [-0.05, 0) is 0 Å². The fraction of sp³-hybridized carbons (Fsp3) is 1.00. The van der Waals surface area contributed by atoms with Crippen molar-refractivity contribution in [3.05, 3.63) is 0 Å². The summed E-state index contributed by atoms with van der Waals surface area (Å²) in [6, 6.07) is 0. The van der Waals surface area contributed by atoms with Crippen LogP contribution in [-0.4, -0.2) is 163 Å². The van der Waals surface area contributed by atoms with E-state index in [1.807, 2.05) is 0 Å². The molecule has 0 heterocycles. The average molecular weight is 206 g/mol. The van der Waals surface area contributed by atoms with Crippen molar-refractivity contribution in [2.24, 2.45) is 0 Å². The van der Waals surface area contributed by atoms with Crippen LogP contribution in [0.15, 0.2) is 0 Å². The Labute approximate surface area is 165 Å². The minimum absolute atomic E-state index is 0. The molecule has 0 radical (unpaired) electrons. The molecular weight excluding hydrogens is 196 g/mol. The van der Waals surface area contributed by atoms with E-state index >= 15 is 0 Å². The molecule has 0 amide bonds. The van der Waals surface area contributed by atoms with Gasteiger partial charge >= 0.3 is 149 Å². The molecule has 0 bridgehead atoms. The van der Waals surface area contributed by atoms with Crippen LogP contribution in [0.5, 0.6) is 0 Å². The molecule has 0 unspecified atom stereocenters. The Morgan fingerprint density at radius 2 is 0.889 bits per heavy atom. The van der Waals surface area contributed by atoms with Crippen molar-refractivity contribution in [1.29, 1.82) is 0 Å². The first-order chi connectivity index (χ1) is 2.00. The zero-order valence-electron chi connectivity index (χ0n) is 2.84. The van der Waals surface area contributed by atoms with Crippen LogP contribution >= 0.6 is 0 Å². The molecule has 0 spiro atoms. The van der Waals surface area contributed by atoms with Gasteiger partial charge in [0.2, 0.25) is 0 Å². The van der Waals surface area contributed by atoms with Gasteiger partial charge in [0.15, 0.2) is 0 Å². The fourth-order valence-corrected chi connectivity index (χ4v) is 0. The van der Waals surface area contributed by atoms with Gasteiger partial charge in [-0.3, -0.25) is 0 Å². The summed E-state index contributed by atoms with van der Waals surface area (Å²) in [7, 11) is -3.61. The van der Waals surface area contributed by atoms with Gasteiger partial charge < -0.3 is 14.4 Å². The Bertz CT molecular complexity index is 34.5. The normalized spacial score (nSPS) is 6.67. The zero-order valence-corrected chi connectivity index (χ0v) is 3.84. The molecule has 0 rings (SSSR count). The second-order valence-electron chi connectivity index (χ2n) is 0.971. The quantitative estimate of drug-likeness (QED) is 0.353. The number of hydrogen-bond donors (Lipinski definition) is 3. The Balaban J connectivity index is -0.0000000133. The average Bonchev–Trinajstić information content (AvgIpc) is 0.722. The maximum atomic E-state index is 7.77. The Morgan fingerprint density at radius 1 is 0.889 bits per heavy atom. The van der Waals surface area contributed by atoms with Crippen LogP contribution in [0.25, 0.3) is 0 Å². The van der Waals surface area contributed by atoms with Gasteiger partial charge in [0, 0.05) is 6.55 Å². The van der Waals surface area contributed by atoms with E-state index in [0.29, 0.717) is 0 Å². The second-order valence-corrected chi connectivity index (χ2v) is 2.91. The topological polar surface area (TPSA) is 60.7 Å². The summed E-state index contributed by atoms with van der Waals surface area (Å²) in [5.41, 5.74) is 0. The van der Waals surface area contributed by atoms with E-state index in [0.717, 1.165) is 6.55 Å². The van der Waals surface area contributed by atoms with Crippen LogP contribution in [0, 0.1) is 0 Å². The van der Waals surface area contributed by atoms with Crippen molar-refractivity contribution in [3.8, 4) is 0 Å². The minimum atomic E-state index is -3.61.